The molecule has 3 nitrogen and oxygen atoms in total. The predicted octanol–water partition coefficient (Wildman–Crippen LogP) is 3.18. The van der Waals surface area contributed by atoms with Gasteiger partial charge in [-0.15, -0.1) is 0 Å². The van der Waals surface area contributed by atoms with E-state index >= 15 is 0 Å². The highest BCUT2D eigenvalue weighted by atomic mass is 16.2. The molecule has 2 N–H and O–H groups in total. The zero-order valence-electron chi connectivity index (χ0n) is 13.3. The quantitative estimate of drug-likeness (QED) is 0.859. The molecule has 1 heterocycles. The van der Waals surface area contributed by atoms with Crippen LogP contribution in [0.1, 0.15) is 65.2 Å². The van der Waals surface area contributed by atoms with Crippen molar-refractivity contribution in [2.24, 2.45) is 23.5 Å². The lowest BCUT2D eigenvalue weighted by Gasteiger charge is -2.34. The van der Waals surface area contributed by atoms with E-state index in [4.69, 9.17) is 5.73 Å². The summed E-state index contributed by atoms with van der Waals surface area (Å²) >= 11 is 0. The Morgan fingerprint density at radius 1 is 1.15 bits per heavy atom. The fourth-order valence-electron chi connectivity index (χ4n) is 4.11. The van der Waals surface area contributed by atoms with Crippen molar-refractivity contribution in [1.29, 1.82) is 0 Å². The van der Waals surface area contributed by atoms with Crippen molar-refractivity contribution >= 4 is 5.91 Å². The van der Waals surface area contributed by atoms with Gasteiger partial charge in [-0.05, 0) is 50.5 Å². The summed E-state index contributed by atoms with van der Waals surface area (Å²) in [6.45, 7) is 6.20. The minimum Gasteiger partial charge on any atom is -0.339 e. The zero-order chi connectivity index (χ0) is 14.5. The van der Waals surface area contributed by atoms with E-state index in [0.29, 0.717) is 30.3 Å². The molecule has 20 heavy (non-hydrogen) atoms. The number of nitrogens with two attached hydrogens (primary N) is 1. The van der Waals surface area contributed by atoms with E-state index < -0.39 is 0 Å². The number of nitrogens with zero attached hydrogens (tertiary/aromatic N) is 1. The Morgan fingerprint density at radius 2 is 1.95 bits per heavy atom. The van der Waals surface area contributed by atoms with Crippen molar-refractivity contribution in [2.75, 3.05) is 13.1 Å². The van der Waals surface area contributed by atoms with Crippen molar-refractivity contribution in [3.8, 4) is 0 Å². The van der Waals surface area contributed by atoms with E-state index in [1.807, 2.05) is 0 Å². The third-order valence-corrected chi connectivity index (χ3v) is 5.18. The average molecular weight is 280 g/mol. The molecule has 1 saturated carbocycles. The molecule has 0 spiro atoms. The van der Waals surface area contributed by atoms with E-state index in [2.05, 4.69) is 18.7 Å². The molecule has 116 valence electrons. The first-order valence-electron chi connectivity index (χ1n) is 8.64. The lowest BCUT2D eigenvalue weighted by molar-refractivity contribution is -0.139. The molecule has 1 aliphatic heterocycles. The molecule has 0 bridgehead atoms. The van der Waals surface area contributed by atoms with Crippen molar-refractivity contribution in [3.63, 3.8) is 0 Å². The van der Waals surface area contributed by atoms with E-state index in [-0.39, 0.29) is 5.92 Å². The first-order chi connectivity index (χ1) is 9.63. The van der Waals surface area contributed by atoms with Gasteiger partial charge in [0.15, 0.2) is 0 Å². The minimum absolute atomic E-state index is 0.216. The van der Waals surface area contributed by atoms with Gasteiger partial charge in [0.25, 0.3) is 0 Å². The second kappa shape index (κ2) is 7.44. The molecular weight excluding hydrogens is 248 g/mol. The van der Waals surface area contributed by atoms with Gasteiger partial charge in [-0.25, -0.2) is 0 Å². The van der Waals surface area contributed by atoms with Crippen LogP contribution in [0.15, 0.2) is 0 Å². The highest BCUT2D eigenvalue weighted by Gasteiger charge is 2.37. The van der Waals surface area contributed by atoms with Crippen molar-refractivity contribution in [3.05, 3.63) is 0 Å². The molecule has 2 rings (SSSR count). The third-order valence-electron chi connectivity index (χ3n) is 5.18. The molecule has 0 aromatic carbocycles. The third kappa shape index (κ3) is 3.75. The van der Waals surface area contributed by atoms with Crippen LogP contribution >= 0.6 is 0 Å². The number of hydrogen-bond donors (Lipinski definition) is 1. The van der Waals surface area contributed by atoms with Crippen LogP contribution in [-0.2, 0) is 4.79 Å². The molecule has 1 saturated heterocycles. The van der Waals surface area contributed by atoms with Gasteiger partial charge in [0.05, 0.1) is 0 Å². The summed E-state index contributed by atoms with van der Waals surface area (Å²) in [6.07, 6.45) is 9.49. The Kier molecular flexibility index (Phi) is 5.88. The van der Waals surface area contributed by atoms with Crippen LogP contribution in [0.25, 0.3) is 0 Å². The van der Waals surface area contributed by atoms with Gasteiger partial charge < -0.3 is 10.6 Å². The molecule has 3 heteroatoms. The number of amides is 1. The van der Waals surface area contributed by atoms with E-state index in [1.165, 1.54) is 32.1 Å². The number of carbonyl (C=O) groups excluding carboxylic acids is 1. The molecule has 0 aromatic rings. The Morgan fingerprint density at radius 3 is 2.65 bits per heavy atom. The highest BCUT2D eigenvalue weighted by molar-refractivity contribution is 5.79. The summed E-state index contributed by atoms with van der Waals surface area (Å²) in [4.78, 5) is 15.2. The molecule has 3 atom stereocenters. The minimum atomic E-state index is 0.216. The second-order valence-corrected chi connectivity index (χ2v) is 7.20. The maximum absolute atomic E-state index is 13.0. The summed E-state index contributed by atoms with van der Waals surface area (Å²) in [7, 11) is 0. The molecule has 0 aromatic heterocycles. The lowest BCUT2D eigenvalue weighted by atomic mass is 9.92. The number of rotatable bonds is 4. The van der Waals surface area contributed by atoms with Crippen LogP contribution in [-0.4, -0.2) is 29.9 Å². The van der Waals surface area contributed by atoms with Crippen LogP contribution in [0.3, 0.4) is 0 Å². The molecule has 0 radical (unpaired) electrons. The Bertz CT molecular complexity index is 316. The monoisotopic (exact) mass is 280 g/mol. The Balaban J connectivity index is 2.06. The van der Waals surface area contributed by atoms with Gasteiger partial charge in [-0.2, -0.15) is 0 Å². The summed E-state index contributed by atoms with van der Waals surface area (Å²) in [5.41, 5.74) is 5.87. The fourth-order valence-corrected chi connectivity index (χ4v) is 4.11. The maximum Gasteiger partial charge on any atom is 0.226 e. The summed E-state index contributed by atoms with van der Waals surface area (Å²) in [5.74, 6) is 1.74. The van der Waals surface area contributed by atoms with Crippen LogP contribution in [0, 0.1) is 17.8 Å². The fraction of sp³-hybridized carbons (Fsp3) is 0.941. The molecule has 1 aliphatic carbocycles. The van der Waals surface area contributed by atoms with Gasteiger partial charge in [0, 0.05) is 18.5 Å². The van der Waals surface area contributed by atoms with Crippen LogP contribution in [0.2, 0.25) is 0 Å². The standard InChI is InChI=1S/C17H32N2O/c1-13(2)11-15-8-4-3-5-10-19(15)17(20)16-9-6-7-14(16)12-18/h13-16H,3-12,18H2,1-2H3/t14-,15?,16-/m1/s1. The molecule has 1 amide bonds. The number of hydrogen-bond acceptors (Lipinski definition) is 2. The van der Waals surface area contributed by atoms with Crippen molar-refractivity contribution in [2.45, 2.75) is 71.3 Å². The van der Waals surface area contributed by atoms with Crippen LogP contribution < -0.4 is 5.73 Å². The summed E-state index contributed by atoms with van der Waals surface area (Å²) in [6, 6.07) is 0.476. The topological polar surface area (TPSA) is 46.3 Å². The second-order valence-electron chi connectivity index (χ2n) is 7.20. The van der Waals surface area contributed by atoms with Crippen LogP contribution in [0.4, 0.5) is 0 Å². The number of carbonyl (C=O) groups is 1. The van der Waals surface area contributed by atoms with Crippen molar-refractivity contribution in [1.82, 2.24) is 4.90 Å². The van der Waals surface area contributed by atoms with Gasteiger partial charge in [0.1, 0.15) is 0 Å². The average Bonchev–Trinajstić information content (AvgIpc) is 2.78. The van der Waals surface area contributed by atoms with E-state index in [1.54, 1.807) is 0 Å². The van der Waals surface area contributed by atoms with Crippen molar-refractivity contribution < 1.29 is 4.79 Å². The maximum atomic E-state index is 13.0. The first-order valence-corrected chi connectivity index (χ1v) is 8.64. The van der Waals surface area contributed by atoms with Gasteiger partial charge >= 0.3 is 0 Å². The first kappa shape index (κ1) is 15.8. The van der Waals surface area contributed by atoms with Gasteiger partial charge in [-0.1, -0.05) is 33.1 Å². The summed E-state index contributed by atoms with van der Waals surface area (Å²) < 4.78 is 0. The normalized spacial score (nSPS) is 31.6. The summed E-state index contributed by atoms with van der Waals surface area (Å²) in [5, 5.41) is 0. The lowest BCUT2D eigenvalue weighted by Crippen LogP contribution is -2.45. The van der Waals surface area contributed by atoms with E-state index in [0.717, 1.165) is 25.8 Å². The number of likely N-dealkylation sites (tertiary alicyclic amines) is 1. The SMILES string of the molecule is CC(C)CC1CCCCCN1C(=O)[C@@H]1CCC[C@@H]1CN. The van der Waals surface area contributed by atoms with Gasteiger partial charge in [0.2, 0.25) is 5.91 Å². The van der Waals surface area contributed by atoms with Crippen LogP contribution in [0.5, 0.6) is 0 Å². The largest absolute Gasteiger partial charge is 0.339 e. The van der Waals surface area contributed by atoms with E-state index in [9.17, 15) is 4.79 Å². The smallest absolute Gasteiger partial charge is 0.226 e. The molecule has 1 unspecified atom stereocenters. The Hall–Kier alpha value is -0.570. The zero-order valence-corrected chi connectivity index (χ0v) is 13.3. The van der Waals surface area contributed by atoms with Gasteiger partial charge in [-0.3, -0.25) is 4.79 Å². The molecule has 2 aliphatic rings. The Labute approximate surface area is 124 Å². The molecule has 2 fully saturated rings. The predicted molar refractivity (Wildman–Crippen MR) is 83.3 cm³/mol. The molecular formula is C17H32N2O. The highest BCUT2D eigenvalue weighted by Crippen LogP contribution is 2.34.